The van der Waals surface area contributed by atoms with Gasteiger partial charge in [-0.25, -0.2) is 18.2 Å². The molecule has 3 N–H and O–H groups in total. The van der Waals surface area contributed by atoms with Crippen LogP contribution in [-0.2, 0) is 10.0 Å². The molecule has 0 unspecified atom stereocenters. The van der Waals surface area contributed by atoms with E-state index in [0.29, 0.717) is 11.3 Å². The van der Waals surface area contributed by atoms with E-state index < -0.39 is 16.0 Å². The SMILES string of the molecule is Cc1cccc(NS(=O)(=O)c2ccc(/C=C/c3ccc(O)c(C(=O)O)c3)cc2)n1. The van der Waals surface area contributed by atoms with Gasteiger partial charge in [0, 0.05) is 5.69 Å². The van der Waals surface area contributed by atoms with Crippen LogP contribution < -0.4 is 4.72 Å². The zero-order valence-corrected chi connectivity index (χ0v) is 16.2. The second-order valence-corrected chi connectivity index (χ2v) is 7.94. The van der Waals surface area contributed by atoms with Crippen LogP contribution in [0.4, 0.5) is 5.82 Å². The van der Waals surface area contributed by atoms with E-state index >= 15 is 0 Å². The van der Waals surface area contributed by atoms with Crippen molar-refractivity contribution in [3.63, 3.8) is 0 Å². The first kappa shape index (κ1) is 20.1. The van der Waals surface area contributed by atoms with Crippen molar-refractivity contribution in [2.24, 2.45) is 0 Å². The molecule has 0 radical (unpaired) electrons. The fourth-order valence-electron chi connectivity index (χ4n) is 2.58. The number of phenols is 1. The Morgan fingerprint density at radius 3 is 2.31 bits per heavy atom. The van der Waals surface area contributed by atoms with Crippen LogP contribution in [0.15, 0.2) is 65.6 Å². The lowest BCUT2D eigenvalue weighted by atomic mass is 10.1. The molecule has 0 aliphatic heterocycles. The topological polar surface area (TPSA) is 117 Å². The summed E-state index contributed by atoms with van der Waals surface area (Å²) in [7, 11) is -3.76. The normalized spacial score (nSPS) is 11.5. The zero-order valence-electron chi connectivity index (χ0n) is 15.4. The summed E-state index contributed by atoms with van der Waals surface area (Å²) >= 11 is 0. The summed E-state index contributed by atoms with van der Waals surface area (Å²) in [6.45, 7) is 1.77. The first-order chi connectivity index (χ1) is 13.7. The van der Waals surface area contributed by atoms with Crippen molar-refractivity contribution in [2.75, 3.05) is 4.72 Å². The van der Waals surface area contributed by atoms with Crippen molar-refractivity contribution >= 4 is 34.0 Å². The Morgan fingerprint density at radius 2 is 1.66 bits per heavy atom. The smallest absolute Gasteiger partial charge is 0.339 e. The van der Waals surface area contributed by atoms with E-state index in [9.17, 15) is 18.3 Å². The highest BCUT2D eigenvalue weighted by atomic mass is 32.2. The number of nitrogens with zero attached hydrogens (tertiary/aromatic N) is 1. The second kappa shape index (κ2) is 8.15. The van der Waals surface area contributed by atoms with Gasteiger partial charge in [0.05, 0.1) is 4.90 Å². The molecule has 0 atom stereocenters. The van der Waals surface area contributed by atoms with Crippen LogP contribution in [0.3, 0.4) is 0 Å². The molecule has 3 rings (SSSR count). The van der Waals surface area contributed by atoms with Crippen LogP contribution in [0.25, 0.3) is 12.2 Å². The molecule has 0 aliphatic rings. The number of hydrogen-bond donors (Lipinski definition) is 3. The Bertz CT molecular complexity index is 1190. The highest BCUT2D eigenvalue weighted by Gasteiger charge is 2.14. The first-order valence-electron chi connectivity index (χ1n) is 8.55. The van der Waals surface area contributed by atoms with Crippen LogP contribution in [0.5, 0.6) is 5.75 Å². The Labute approximate surface area is 168 Å². The van der Waals surface area contributed by atoms with Crippen LogP contribution in [0.1, 0.15) is 27.2 Å². The van der Waals surface area contributed by atoms with Gasteiger partial charge < -0.3 is 10.2 Å². The van der Waals surface area contributed by atoms with E-state index in [0.717, 1.165) is 5.56 Å². The average Bonchev–Trinajstić information content (AvgIpc) is 2.67. The van der Waals surface area contributed by atoms with E-state index in [1.54, 1.807) is 55.5 Å². The van der Waals surface area contributed by atoms with Crippen molar-refractivity contribution in [3.05, 3.63) is 83.0 Å². The fourth-order valence-corrected chi connectivity index (χ4v) is 3.58. The lowest BCUT2D eigenvalue weighted by molar-refractivity contribution is 0.0693. The van der Waals surface area contributed by atoms with E-state index in [-0.39, 0.29) is 22.0 Å². The van der Waals surface area contributed by atoms with Crippen molar-refractivity contribution < 1.29 is 23.4 Å². The summed E-state index contributed by atoms with van der Waals surface area (Å²) in [5, 5.41) is 18.6. The zero-order chi connectivity index (χ0) is 21.0. The third-order valence-corrected chi connectivity index (χ3v) is 5.41. The maximum absolute atomic E-state index is 12.5. The molecule has 0 saturated carbocycles. The number of sulfonamides is 1. The van der Waals surface area contributed by atoms with Crippen molar-refractivity contribution in [1.82, 2.24) is 4.98 Å². The molecule has 1 heterocycles. The molecule has 2 aromatic carbocycles. The monoisotopic (exact) mass is 410 g/mol. The summed E-state index contributed by atoms with van der Waals surface area (Å²) in [6.07, 6.45) is 3.38. The van der Waals surface area contributed by atoms with Crippen LogP contribution >= 0.6 is 0 Å². The van der Waals surface area contributed by atoms with E-state index in [4.69, 9.17) is 5.11 Å². The largest absolute Gasteiger partial charge is 0.507 e. The van der Waals surface area contributed by atoms with Crippen molar-refractivity contribution in [1.29, 1.82) is 0 Å². The highest BCUT2D eigenvalue weighted by Crippen LogP contribution is 2.21. The number of aromatic carboxylic acids is 1. The number of pyridine rings is 1. The van der Waals surface area contributed by atoms with Crippen LogP contribution in [0.2, 0.25) is 0 Å². The number of carboxylic acid groups (broad SMARTS) is 1. The van der Waals surface area contributed by atoms with Gasteiger partial charge in [-0.05, 0) is 54.4 Å². The van der Waals surface area contributed by atoms with Gasteiger partial charge in [0.1, 0.15) is 17.1 Å². The molecular formula is C21H18N2O5S. The molecule has 29 heavy (non-hydrogen) atoms. The third kappa shape index (κ3) is 4.99. The summed E-state index contributed by atoms with van der Waals surface area (Å²) in [6, 6.07) is 15.5. The molecule has 8 heteroatoms. The number of aromatic nitrogens is 1. The van der Waals surface area contributed by atoms with E-state index in [2.05, 4.69) is 9.71 Å². The van der Waals surface area contributed by atoms with E-state index in [1.807, 2.05) is 0 Å². The summed E-state index contributed by atoms with van der Waals surface area (Å²) in [5.74, 6) is -1.28. The van der Waals surface area contributed by atoms with Gasteiger partial charge in [-0.3, -0.25) is 4.72 Å². The fraction of sp³-hybridized carbons (Fsp3) is 0.0476. The molecule has 0 amide bonds. The summed E-state index contributed by atoms with van der Waals surface area (Å²) < 4.78 is 27.4. The number of carbonyl (C=O) groups is 1. The Balaban J connectivity index is 1.77. The average molecular weight is 410 g/mol. The summed E-state index contributed by atoms with van der Waals surface area (Å²) in [5.41, 5.74) is 1.82. The van der Waals surface area contributed by atoms with Gasteiger partial charge in [-0.2, -0.15) is 0 Å². The van der Waals surface area contributed by atoms with Crippen LogP contribution in [-0.4, -0.2) is 29.6 Å². The number of nitrogens with one attached hydrogen (secondary N) is 1. The molecule has 0 saturated heterocycles. The number of aryl methyl sites for hydroxylation is 1. The molecule has 1 aromatic heterocycles. The van der Waals surface area contributed by atoms with Gasteiger partial charge in [-0.1, -0.05) is 36.4 Å². The number of aromatic hydroxyl groups is 1. The lowest BCUT2D eigenvalue weighted by Gasteiger charge is -2.08. The number of benzene rings is 2. The number of carboxylic acids is 1. The van der Waals surface area contributed by atoms with Crippen molar-refractivity contribution in [3.8, 4) is 5.75 Å². The van der Waals surface area contributed by atoms with Gasteiger partial charge in [0.2, 0.25) is 0 Å². The minimum Gasteiger partial charge on any atom is -0.507 e. The Hall–Kier alpha value is -3.65. The van der Waals surface area contributed by atoms with Crippen LogP contribution in [0, 0.1) is 6.92 Å². The summed E-state index contributed by atoms with van der Waals surface area (Å²) in [4.78, 5) is 15.3. The van der Waals surface area contributed by atoms with Gasteiger partial charge in [0.15, 0.2) is 0 Å². The van der Waals surface area contributed by atoms with E-state index in [1.165, 1.54) is 24.3 Å². The molecule has 148 valence electrons. The minimum atomic E-state index is -3.76. The quantitative estimate of drug-likeness (QED) is 0.533. The molecular weight excluding hydrogens is 392 g/mol. The minimum absolute atomic E-state index is 0.0933. The Morgan fingerprint density at radius 1 is 1.00 bits per heavy atom. The predicted octanol–water partition coefficient (Wildman–Crippen LogP) is 3.77. The third-order valence-electron chi connectivity index (χ3n) is 4.04. The van der Waals surface area contributed by atoms with Crippen molar-refractivity contribution in [2.45, 2.75) is 11.8 Å². The lowest BCUT2D eigenvalue weighted by Crippen LogP contribution is -2.14. The molecule has 0 bridgehead atoms. The highest BCUT2D eigenvalue weighted by molar-refractivity contribution is 7.92. The first-order valence-corrected chi connectivity index (χ1v) is 10.0. The number of rotatable bonds is 6. The maximum Gasteiger partial charge on any atom is 0.339 e. The standard InChI is InChI=1S/C21H18N2O5S/c1-14-3-2-4-20(22-14)23-29(27,28)17-10-7-15(8-11-17)5-6-16-9-12-19(24)18(13-16)21(25)26/h2-13,24H,1H3,(H,22,23)(H,25,26)/b6-5+. The predicted molar refractivity (Wildman–Crippen MR) is 110 cm³/mol. The van der Waals surface area contributed by atoms with Gasteiger partial charge in [-0.15, -0.1) is 0 Å². The molecule has 0 aliphatic carbocycles. The number of anilines is 1. The second-order valence-electron chi connectivity index (χ2n) is 6.25. The molecule has 7 nitrogen and oxygen atoms in total. The van der Waals surface area contributed by atoms with Gasteiger partial charge in [0.25, 0.3) is 10.0 Å². The molecule has 0 spiro atoms. The maximum atomic E-state index is 12.5. The number of hydrogen-bond acceptors (Lipinski definition) is 5. The molecule has 3 aromatic rings. The molecule has 0 fully saturated rings. The van der Waals surface area contributed by atoms with Gasteiger partial charge >= 0.3 is 5.97 Å². The Kier molecular flexibility index (Phi) is 5.65.